The largest absolute Gasteiger partial charge is 0.433 e. The summed E-state index contributed by atoms with van der Waals surface area (Å²) in [7, 11) is 0. The van der Waals surface area contributed by atoms with Crippen molar-refractivity contribution in [3.05, 3.63) is 48.2 Å². The minimum atomic E-state index is -4.49. The molecule has 3 aromatic heterocycles. The van der Waals surface area contributed by atoms with Crippen molar-refractivity contribution in [2.24, 2.45) is 0 Å². The molecule has 0 aromatic carbocycles. The minimum Gasteiger partial charge on any atom is -0.378 e. The first kappa shape index (κ1) is 19.4. The van der Waals surface area contributed by atoms with Crippen LogP contribution in [-0.4, -0.2) is 74.8 Å². The molecule has 0 bridgehead atoms. The number of nitrogens with zero attached hydrogens (tertiary/aromatic N) is 6. The molecule has 0 amide bonds. The Labute approximate surface area is 171 Å². The van der Waals surface area contributed by atoms with Crippen LogP contribution in [0.2, 0.25) is 0 Å². The number of hydrogen-bond donors (Lipinski definition) is 0. The normalized spacial score (nSPS) is 19.3. The third-order valence-electron chi connectivity index (χ3n) is 5.72. The number of piperazine rings is 1. The second kappa shape index (κ2) is 7.60. The molecule has 0 N–H and O–H groups in total. The third-order valence-corrected chi connectivity index (χ3v) is 5.72. The van der Waals surface area contributed by atoms with Crippen molar-refractivity contribution in [1.82, 2.24) is 29.4 Å². The Kier molecular flexibility index (Phi) is 4.92. The SMILES string of the molecule is FC(F)(F)c1cc(-c2cnn3cc(CN4CCN(C5COC5)CC4)cnc23)ccn1. The van der Waals surface area contributed by atoms with E-state index in [1.54, 1.807) is 16.9 Å². The maximum absolute atomic E-state index is 13.0. The zero-order valence-electron chi connectivity index (χ0n) is 16.2. The van der Waals surface area contributed by atoms with Crippen LogP contribution in [0.15, 0.2) is 36.9 Å². The highest BCUT2D eigenvalue weighted by atomic mass is 19.4. The zero-order chi connectivity index (χ0) is 20.7. The average molecular weight is 418 g/mol. The molecule has 7 nitrogen and oxygen atoms in total. The first-order valence-corrected chi connectivity index (χ1v) is 9.87. The van der Waals surface area contributed by atoms with Gasteiger partial charge in [0.25, 0.3) is 0 Å². The van der Waals surface area contributed by atoms with Gasteiger partial charge in [-0.2, -0.15) is 18.3 Å². The second-order valence-electron chi connectivity index (χ2n) is 7.72. The fraction of sp³-hybridized carbons (Fsp3) is 0.450. The Balaban J connectivity index is 1.31. The molecule has 0 spiro atoms. The van der Waals surface area contributed by atoms with Crippen molar-refractivity contribution >= 4 is 5.65 Å². The summed E-state index contributed by atoms with van der Waals surface area (Å²) in [6.07, 6.45) is 1.88. The molecule has 3 aromatic rings. The van der Waals surface area contributed by atoms with E-state index in [2.05, 4.69) is 24.9 Å². The van der Waals surface area contributed by atoms with Gasteiger partial charge in [0, 0.05) is 62.4 Å². The van der Waals surface area contributed by atoms with Crippen LogP contribution in [0.4, 0.5) is 13.2 Å². The lowest BCUT2D eigenvalue weighted by molar-refractivity contribution is -0.141. The van der Waals surface area contributed by atoms with Gasteiger partial charge in [-0.1, -0.05) is 0 Å². The fourth-order valence-corrected chi connectivity index (χ4v) is 3.93. The molecule has 5 rings (SSSR count). The predicted molar refractivity (Wildman–Crippen MR) is 103 cm³/mol. The van der Waals surface area contributed by atoms with Crippen molar-refractivity contribution in [2.75, 3.05) is 39.4 Å². The maximum Gasteiger partial charge on any atom is 0.433 e. The van der Waals surface area contributed by atoms with E-state index in [1.165, 1.54) is 6.07 Å². The van der Waals surface area contributed by atoms with E-state index >= 15 is 0 Å². The summed E-state index contributed by atoms with van der Waals surface area (Å²) in [6, 6.07) is 3.13. The van der Waals surface area contributed by atoms with Crippen LogP contribution in [0.1, 0.15) is 11.3 Å². The summed E-state index contributed by atoms with van der Waals surface area (Å²) in [5.41, 5.74) is 1.55. The molecule has 10 heteroatoms. The van der Waals surface area contributed by atoms with Gasteiger partial charge in [0.15, 0.2) is 5.65 Å². The van der Waals surface area contributed by atoms with Crippen LogP contribution >= 0.6 is 0 Å². The highest BCUT2D eigenvalue weighted by molar-refractivity contribution is 5.76. The monoisotopic (exact) mass is 418 g/mol. The standard InChI is InChI=1S/C20H21F3N6O/c21-20(22,23)18-7-15(1-2-24-18)17-9-26-29-11-14(8-25-19(17)29)10-27-3-5-28(6-4-27)16-12-30-13-16/h1-2,7-9,11,16H,3-6,10,12-13H2. The number of ether oxygens (including phenoxy) is 1. The lowest BCUT2D eigenvalue weighted by atomic mass is 10.1. The number of halogens is 3. The highest BCUT2D eigenvalue weighted by Gasteiger charge is 2.33. The van der Waals surface area contributed by atoms with Gasteiger partial charge >= 0.3 is 6.18 Å². The summed E-state index contributed by atoms with van der Waals surface area (Å²) in [5.74, 6) is 0. The number of hydrogen-bond acceptors (Lipinski definition) is 6. The first-order valence-electron chi connectivity index (χ1n) is 9.87. The number of aromatic nitrogens is 4. The van der Waals surface area contributed by atoms with Crippen molar-refractivity contribution in [3.8, 4) is 11.1 Å². The Bertz CT molecular complexity index is 1040. The van der Waals surface area contributed by atoms with Crippen LogP contribution in [0, 0.1) is 0 Å². The maximum atomic E-state index is 13.0. The molecule has 2 saturated heterocycles. The van der Waals surface area contributed by atoms with Gasteiger partial charge < -0.3 is 4.74 Å². The molecule has 2 aliphatic rings. The number of rotatable bonds is 4. The molecule has 5 heterocycles. The molecular formula is C20H21F3N6O. The van der Waals surface area contributed by atoms with Crippen molar-refractivity contribution in [3.63, 3.8) is 0 Å². The summed E-state index contributed by atoms with van der Waals surface area (Å²) in [6.45, 7) is 6.46. The first-order chi connectivity index (χ1) is 14.5. The lowest BCUT2D eigenvalue weighted by Gasteiger charge is -2.42. The molecule has 0 saturated carbocycles. The Morgan fingerprint density at radius 3 is 2.57 bits per heavy atom. The van der Waals surface area contributed by atoms with E-state index in [1.807, 2.05) is 6.20 Å². The molecular weight excluding hydrogens is 397 g/mol. The summed E-state index contributed by atoms with van der Waals surface area (Å²) < 4.78 is 45.8. The summed E-state index contributed by atoms with van der Waals surface area (Å²) in [5, 5.41) is 4.31. The molecule has 0 radical (unpaired) electrons. The fourth-order valence-electron chi connectivity index (χ4n) is 3.93. The summed E-state index contributed by atoms with van der Waals surface area (Å²) in [4.78, 5) is 12.8. The van der Waals surface area contributed by atoms with Crippen molar-refractivity contribution in [2.45, 2.75) is 18.8 Å². The zero-order valence-corrected chi connectivity index (χ0v) is 16.2. The topological polar surface area (TPSA) is 58.8 Å². The van der Waals surface area contributed by atoms with E-state index < -0.39 is 11.9 Å². The van der Waals surface area contributed by atoms with Gasteiger partial charge in [-0.15, -0.1) is 0 Å². The number of pyridine rings is 1. The second-order valence-corrected chi connectivity index (χ2v) is 7.72. The Hall–Kier alpha value is -2.56. The van der Waals surface area contributed by atoms with Crippen LogP contribution in [0.5, 0.6) is 0 Å². The van der Waals surface area contributed by atoms with E-state index in [0.29, 0.717) is 22.8 Å². The van der Waals surface area contributed by atoms with E-state index in [-0.39, 0.29) is 0 Å². The van der Waals surface area contributed by atoms with Crippen molar-refractivity contribution < 1.29 is 17.9 Å². The quantitative estimate of drug-likeness (QED) is 0.648. The number of alkyl halides is 3. The Morgan fingerprint density at radius 2 is 1.87 bits per heavy atom. The van der Waals surface area contributed by atoms with Gasteiger partial charge in [-0.05, 0) is 17.7 Å². The van der Waals surface area contributed by atoms with Gasteiger partial charge in [-0.25, -0.2) is 9.50 Å². The minimum absolute atomic E-state index is 0.392. The molecule has 158 valence electrons. The molecule has 2 fully saturated rings. The van der Waals surface area contributed by atoms with Crippen LogP contribution in [0.3, 0.4) is 0 Å². The molecule has 0 unspecified atom stereocenters. The van der Waals surface area contributed by atoms with Crippen LogP contribution < -0.4 is 0 Å². The van der Waals surface area contributed by atoms with Gasteiger partial charge in [0.05, 0.1) is 25.5 Å². The smallest absolute Gasteiger partial charge is 0.378 e. The van der Waals surface area contributed by atoms with Gasteiger partial charge in [0.1, 0.15) is 5.69 Å². The molecule has 0 atom stereocenters. The third kappa shape index (κ3) is 3.78. The molecule has 30 heavy (non-hydrogen) atoms. The van der Waals surface area contributed by atoms with E-state index in [0.717, 1.165) is 63.8 Å². The number of fused-ring (bicyclic) bond motifs is 1. The van der Waals surface area contributed by atoms with Gasteiger partial charge in [-0.3, -0.25) is 14.8 Å². The average Bonchev–Trinajstić information content (AvgIpc) is 3.11. The highest BCUT2D eigenvalue weighted by Crippen LogP contribution is 2.31. The molecule has 0 aliphatic carbocycles. The van der Waals surface area contributed by atoms with E-state index in [4.69, 9.17) is 4.74 Å². The van der Waals surface area contributed by atoms with Crippen molar-refractivity contribution in [1.29, 1.82) is 0 Å². The molecule has 2 aliphatic heterocycles. The van der Waals surface area contributed by atoms with Gasteiger partial charge in [0.2, 0.25) is 0 Å². The predicted octanol–water partition coefficient (Wildman–Crippen LogP) is 2.33. The Morgan fingerprint density at radius 1 is 1.07 bits per heavy atom. The van der Waals surface area contributed by atoms with Crippen LogP contribution in [-0.2, 0) is 17.5 Å². The summed E-state index contributed by atoms with van der Waals surface area (Å²) >= 11 is 0. The van der Waals surface area contributed by atoms with Crippen LogP contribution in [0.25, 0.3) is 16.8 Å². The van der Waals surface area contributed by atoms with E-state index in [9.17, 15) is 13.2 Å². The lowest BCUT2D eigenvalue weighted by Crippen LogP contribution is -2.56.